The lowest BCUT2D eigenvalue weighted by atomic mass is 9.98. The first kappa shape index (κ1) is 18.5. The van der Waals surface area contributed by atoms with Gasteiger partial charge in [0, 0.05) is 12.2 Å². The fraction of sp³-hybridized carbons (Fsp3) is 0.579. The van der Waals surface area contributed by atoms with Crippen LogP contribution in [0.2, 0.25) is 0 Å². The van der Waals surface area contributed by atoms with E-state index < -0.39 is 0 Å². The van der Waals surface area contributed by atoms with E-state index in [0.717, 1.165) is 36.2 Å². The highest BCUT2D eigenvalue weighted by molar-refractivity contribution is 5.93. The highest BCUT2D eigenvalue weighted by Gasteiger charge is 2.27. The number of rotatable bonds is 5. The van der Waals surface area contributed by atoms with Crippen LogP contribution in [0.5, 0.6) is 0 Å². The van der Waals surface area contributed by atoms with Crippen molar-refractivity contribution in [1.29, 1.82) is 0 Å². The van der Waals surface area contributed by atoms with Crippen molar-refractivity contribution in [2.75, 3.05) is 31.6 Å². The van der Waals surface area contributed by atoms with Gasteiger partial charge in [-0.25, -0.2) is 0 Å². The number of nitrogens with zero attached hydrogens (tertiary/aromatic N) is 1. The lowest BCUT2D eigenvalue weighted by Gasteiger charge is -2.31. The standard InChI is InChI=1S/C19H28N2O3/c1-5-24-19(23)16-7-6-8-21(11-16)12-17(22)20-18-14(3)9-13(2)10-15(18)4/h9-10,16H,5-8,11-12H2,1-4H3,(H,20,22)/t16-/m1/s1. The Labute approximate surface area is 144 Å². The predicted molar refractivity (Wildman–Crippen MR) is 95.1 cm³/mol. The van der Waals surface area contributed by atoms with Gasteiger partial charge in [-0.3, -0.25) is 14.5 Å². The van der Waals surface area contributed by atoms with E-state index in [4.69, 9.17) is 4.74 Å². The Morgan fingerprint density at radius 2 is 1.92 bits per heavy atom. The minimum absolute atomic E-state index is 0.0328. The molecule has 1 atom stereocenters. The normalized spacial score (nSPS) is 18.2. The second-order valence-corrected chi connectivity index (χ2v) is 6.65. The van der Waals surface area contributed by atoms with Gasteiger partial charge in [0.25, 0.3) is 0 Å². The Morgan fingerprint density at radius 3 is 2.54 bits per heavy atom. The molecule has 0 saturated carbocycles. The van der Waals surface area contributed by atoms with Crippen molar-refractivity contribution < 1.29 is 14.3 Å². The average molecular weight is 332 g/mol. The summed E-state index contributed by atoms with van der Waals surface area (Å²) in [6, 6.07) is 4.14. The number of carbonyl (C=O) groups excluding carboxylic acids is 2. The maximum absolute atomic E-state index is 12.4. The summed E-state index contributed by atoms with van der Waals surface area (Å²) in [6.45, 7) is 10.0. The minimum Gasteiger partial charge on any atom is -0.466 e. The average Bonchev–Trinajstić information content (AvgIpc) is 2.51. The first-order chi connectivity index (χ1) is 11.4. The van der Waals surface area contributed by atoms with Crippen LogP contribution < -0.4 is 5.32 Å². The summed E-state index contributed by atoms with van der Waals surface area (Å²) in [7, 11) is 0. The van der Waals surface area contributed by atoms with Crippen LogP contribution in [0.25, 0.3) is 0 Å². The molecule has 1 amide bonds. The van der Waals surface area contributed by atoms with E-state index in [1.54, 1.807) is 0 Å². The Bertz CT molecular complexity index is 590. The summed E-state index contributed by atoms with van der Waals surface area (Å²) >= 11 is 0. The molecule has 5 nitrogen and oxygen atoms in total. The lowest BCUT2D eigenvalue weighted by Crippen LogP contribution is -2.43. The fourth-order valence-corrected chi connectivity index (χ4v) is 3.41. The van der Waals surface area contributed by atoms with E-state index in [0.29, 0.717) is 19.7 Å². The topological polar surface area (TPSA) is 58.6 Å². The third-order valence-electron chi connectivity index (χ3n) is 4.43. The molecule has 1 saturated heterocycles. The molecule has 1 heterocycles. The Morgan fingerprint density at radius 1 is 1.25 bits per heavy atom. The zero-order valence-electron chi connectivity index (χ0n) is 15.1. The van der Waals surface area contributed by atoms with E-state index in [1.807, 2.05) is 25.7 Å². The molecule has 0 unspecified atom stereocenters. The highest BCUT2D eigenvalue weighted by Crippen LogP contribution is 2.22. The van der Waals surface area contributed by atoms with Crippen molar-refractivity contribution in [3.8, 4) is 0 Å². The van der Waals surface area contributed by atoms with Crippen LogP contribution >= 0.6 is 0 Å². The maximum atomic E-state index is 12.4. The first-order valence-corrected chi connectivity index (χ1v) is 8.67. The monoisotopic (exact) mass is 332 g/mol. The van der Waals surface area contributed by atoms with Gasteiger partial charge in [-0.1, -0.05) is 17.7 Å². The van der Waals surface area contributed by atoms with E-state index in [-0.39, 0.29) is 17.8 Å². The molecule has 1 fully saturated rings. The summed E-state index contributed by atoms with van der Waals surface area (Å²) in [5.41, 5.74) is 4.23. The molecule has 0 radical (unpaired) electrons. The van der Waals surface area contributed by atoms with Crippen LogP contribution in [0.4, 0.5) is 5.69 Å². The van der Waals surface area contributed by atoms with Crippen LogP contribution in [-0.4, -0.2) is 43.0 Å². The summed E-state index contributed by atoms with van der Waals surface area (Å²) in [5.74, 6) is -0.295. The quantitative estimate of drug-likeness (QED) is 0.843. The minimum atomic E-state index is -0.146. The second-order valence-electron chi connectivity index (χ2n) is 6.65. The zero-order chi connectivity index (χ0) is 17.7. The predicted octanol–water partition coefficient (Wildman–Crippen LogP) is 2.83. The number of nitrogens with one attached hydrogen (secondary N) is 1. The van der Waals surface area contributed by atoms with Crippen LogP contribution in [0.1, 0.15) is 36.5 Å². The molecular weight excluding hydrogens is 304 g/mol. The molecule has 0 aliphatic carbocycles. The molecule has 1 aromatic rings. The van der Waals surface area contributed by atoms with Crippen molar-refractivity contribution in [3.63, 3.8) is 0 Å². The SMILES string of the molecule is CCOC(=O)[C@@H]1CCCN(CC(=O)Nc2c(C)cc(C)cc2C)C1. The van der Waals surface area contributed by atoms with Crippen LogP contribution in [0.15, 0.2) is 12.1 Å². The van der Waals surface area contributed by atoms with E-state index in [2.05, 4.69) is 24.4 Å². The summed E-state index contributed by atoms with van der Waals surface area (Å²) in [5, 5.41) is 3.03. The highest BCUT2D eigenvalue weighted by atomic mass is 16.5. The molecule has 1 aliphatic heterocycles. The molecule has 5 heteroatoms. The van der Waals surface area contributed by atoms with Gasteiger partial charge in [-0.2, -0.15) is 0 Å². The molecular formula is C19H28N2O3. The van der Waals surface area contributed by atoms with Crippen molar-refractivity contribution >= 4 is 17.6 Å². The number of carbonyl (C=O) groups is 2. The summed E-state index contributed by atoms with van der Waals surface area (Å²) in [6.07, 6.45) is 1.76. The Kier molecular flexibility index (Phi) is 6.37. The largest absolute Gasteiger partial charge is 0.466 e. The number of esters is 1. The molecule has 1 N–H and O–H groups in total. The van der Waals surface area contributed by atoms with Gasteiger partial charge >= 0.3 is 5.97 Å². The van der Waals surface area contributed by atoms with Gasteiger partial charge in [0.05, 0.1) is 19.1 Å². The number of hydrogen-bond donors (Lipinski definition) is 1. The second kappa shape index (κ2) is 8.29. The number of amides is 1. The van der Waals surface area contributed by atoms with Gasteiger partial charge < -0.3 is 10.1 Å². The molecule has 24 heavy (non-hydrogen) atoms. The van der Waals surface area contributed by atoms with Gasteiger partial charge in [0.2, 0.25) is 5.91 Å². The van der Waals surface area contributed by atoms with Crippen molar-refractivity contribution in [3.05, 3.63) is 28.8 Å². The van der Waals surface area contributed by atoms with Crippen LogP contribution in [-0.2, 0) is 14.3 Å². The third-order valence-corrected chi connectivity index (χ3v) is 4.43. The summed E-state index contributed by atoms with van der Waals surface area (Å²) < 4.78 is 5.11. The Hall–Kier alpha value is -1.88. The zero-order valence-corrected chi connectivity index (χ0v) is 15.1. The van der Waals surface area contributed by atoms with Crippen molar-refractivity contribution in [2.24, 2.45) is 5.92 Å². The third kappa shape index (κ3) is 4.81. The number of hydrogen-bond acceptors (Lipinski definition) is 4. The number of piperidine rings is 1. The van der Waals surface area contributed by atoms with Crippen LogP contribution in [0.3, 0.4) is 0 Å². The fourth-order valence-electron chi connectivity index (χ4n) is 3.41. The molecule has 0 aromatic heterocycles. The molecule has 1 aliphatic rings. The molecule has 0 bridgehead atoms. The number of anilines is 1. The lowest BCUT2D eigenvalue weighted by molar-refractivity contribution is -0.150. The number of likely N-dealkylation sites (tertiary alicyclic amines) is 1. The van der Waals surface area contributed by atoms with Crippen molar-refractivity contribution in [2.45, 2.75) is 40.5 Å². The maximum Gasteiger partial charge on any atom is 0.310 e. The number of benzene rings is 1. The molecule has 2 rings (SSSR count). The van der Waals surface area contributed by atoms with Crippen molar-refractivity contribution in [1.82, 2.24) is 4.90 Å². The van der Waals surface area contributed by atoms with Gasteiger partial charge in [-0.05, 0) is 58.2 Å². The Balaban J connectivity index is 1.94. The summed E-state index contributed by atoms with van der Waals surface area (Å²) in [4.78, 5) is 26.3. The van der Waals surface area contributed by atoms with E-state index >= 15 is 0 Å². The first-order valence-electron chi connectivity index (χ1n) is 8.67. The molecule has 0 spiro atoms. The van der Waals surface area contributed by atoms with Gasteiger partial charge in [-0.15, -0.1) is 0 Å². The number of ether oxygens (including phenoxy) is 1. The van der Waals surface area contributed by atoms with Gasteiger partial charge in [0.15, 0.2) is 0 Å². The van der Waals surface area contributed by atoms with Crippen LogP contribution in [0, 0.1) is 26.7 Å². The molecule has 132 valence electrons. The smallest absolute Gasteiger partial charge is 0.310 e. The van der Waals surface area contributed by atoms with Gasteiger partial charge in [0.1, 0.15) is 0 Å². The van der Waals surface area contributed by atoms with E-state index in [1.165, 1.54) is 5.56 Å². The number of aryl methyl sites for hydroxylation is 3. The molecule has 1 aromatic carbocycles. The van der Waals surface area contributed by atoms with E-state index in [9.17, 15) is 9.59 Å².